The number of hydrogen-bond acceptors (Lipinski definition) is 6. The van der Waals surface area contributed by atoms with Gasteiger partial charge in [0, 0.05) is 19.8 Å². The Balaban J connectivity index is 2.00. The molecule has 3 rings (SSSR count). The molecule has 2 aliphatic rings. The molecule has 25 heavy (non-hydrogen) atoms. The molecular weight excluding hydrogens is 343 g/mol. The first-order chi connectivity index (χ1) is 12.0. The van der Waals surface area contributed by atoms with E-state index < -0.39 is 13.1 Å². The number of benzene rings is 1. The average molecular weight is 360 g/mol. The number of allylic oxidation sites excluding steroid dienone is 5. The molecule has 1 heterocycles. The van der Waals surface area contributed by atoms with E-state index in [1.54, 1.807) is 24.3 Å². The molecule has 130 valence electrons. The fourth-order valence-electron chi connectivity index (χ4n) is 2.55. The molecule has 0 fully saturated rings. The van der Waals surface area contributed by atoms with Crippen LogP contribution in [-0.2, 0) is 13.6 Å². The SMILES string of the molecule is COP(=O)(OC)C(O)=Cc1ccc2c(c1)C(=O)C=C1CC=CC=C1O2. The number of aliphatic hydroxyl groups excluding tert-OH is 1. The molecule has 0 saturated heterocycles. The maximum absolute atomic E-state index is 12.5. The third kappa shape index (κ3) is 3.37. The Morgan fingerprint density at radius 3 is 2.80 bits per heavy atom. The van der Waals surface area contributed by atoms with Crippen molar-refractivity contribution >= 4 is 19.5 Å². The van der Waals surface area contributed by atoms with Gasteiger partial charge < -0.3 is 18.9 Å². The van der Waals surface area contributed by atoms with Crippen molar-refractivity contribution in [3.63, 3.8) is 0 Å². The van der Waals surface area contributed by atoms with Crippen LogP contribution in [0, 0.1) is 0 Å². The summed E-state index contributed by atoms with van der Waals surface area (Å²) in [4.78, 5) is 12.5. The van der Waals surface area contributed by atoms with Gasteiger partial charge in [0.25, 0.3) is 0 Å². The van der Waals surface area contributed by atoms with E-state index in [-0.39, 0.29) is 5.78 Å². The quantitative estimate of drug-likeness (QED) is 0.634. The molecule has 0 bridgehead atoms. The molecule has 0 unspecified atom stereocenters. The number of hydrogen-bond donors (Lipinski definition) is 1. The molecule has 7 heteroatoms. The smallest absolute Gasteiger partial charge is 0.394 e. The van der Waals surface area contributed by atoms with E-state index in [0.717, 1.165) is 5.57 Å². The number of carbonyl (C=O) groups is 1. The van der Waals surface area contributed by atoms with Gasteiger partial charge in [-0.3, -0.25) is 9.36 Å². The first-order valence-electron chi connectivity index (χ1n) is 7.53. The number of fused-ring (bicyclic) bond motifs is 2. The lowest BCUT2D eigenvalue weighted by atomic mass is 10.0. The highest BCUT2D eigenvalue weighted by Crippen LogP contribution is 2.53. The van der Waals surface area contributed by atoms with Gasteiger partial charge >= 0.3 is 7.60 Å². The molecule has 0 atom stereocenters. The van der Waals surface area contributed by atoms with Crippen molar-refractivity contribution < 1.29 is 28.3 Å². The molecule has 0 radical (unpaired) electrons. The topological polar surface area (TPSA) is 82.1 Å². The van der Waals surface area contributed by atoms with E-state index in [9.17, 15) is 14.5 Å². The predicted octanol–water partition coefficient (Wildman–Crippen LogP) is 4.37. The van der Waals surface area contributed by atoms with Crippen LogP contribution in [0.1, 0.15) is 22.3 Å². The van der Waals surface area contributed by atoms with E-state index in [4.69, 9.17) is 13.8 Å². The van der Waals surface area contributed by atoms with Crippen molar-refractivity contribution in [1.29, 1.82) is 0 Å². The summed E-state index contributed by atoms with van der Waals surface area (Å²) in [6, 6.07) is 4.83. The summed E-state index contributed by atoms with van der Waals surface area (Å²) in [5.74, 6) is 0.875. The number of aliphatic hydroxyl groups is 1. The predicted molar refractivity (Wildman–Crippen MR) is 93.6 cm³/mol. The van der Waals surface area contributed by atoms with Crippen LogP contribution in [-0.4, -0.2) is 25.1 Å². The molecule has 0 amide bonds. The Morgan fingerprint density at radius 1 is 1.32 bits per heavy atom. The van der Waals surface area contributed by atoms with Crippen LogP contribution in [0.3, 0.4) is 0 Å². The first kappa shape index (κ1) is 17.4. The summed E-state index contributed by atoms with van der Waals surface area (Å²) in [6.07, 6.45) is 9.05. The minimum atomic E-state index is -3.74. The minimum absolute atomic E-state index is 0.194. The second-order valence-corrected chi connectivity index (χ2v) is 7.60. The highest BCUT2D eigenvalue weighted by Gasteiger charge is 2.28. The Bertz CT molecular complexity index is 883. The van der Waals surface area contributed by atoms with Crippen LogP contribution in [0.5, 0.6) is 5.75 Å². The van der Waals surface area contributed by atoms with Crippen molar-refractivity contribution in [2.24, 2.45) is 0 Å². The summed E-state index contributed by atoms with van der Waals surface area (Å²) in [7, 11) is -1.38. The summed E-state index contributed by atoms with van der Waals surface area (Å²) >= 11 is 0. The zero-order valence-electron chi connectivity index (χ0n) is 13.8. The molecule has 6 nitrogen and oxygen atoms in total. The van der Waals surface area contributed by atoms with Gasteiger partial charge in [-0.15, -0.1) is 0 Å². The summed E-state index contributed by atoms with van der Waals surface area (Å²) in [5, 5.41) is 10.0. The Morgan fingerprint density at radius 2 is 2.08 bits per heavy atom. The molecule has 0 spiro atoms. The summed E-state index contributed by atoms with van der Waals surface area (Å²) in [6.45, 7) is 0. The van der Waals surface area contributed by atoms with E-state index in [0.29, 0.717) is 29.1 Å². The van der Waals surface area contributed by atoms with Crippen molar-refractivity contribution in [2.45, 2.75) is 6.42 Å². The van der Waals surface area contributed by atoms with Crippen molar-refractivity contribution in [1.82, 2.24) is 0 Å². The molecular formula is C18H17O6P. The average Bonchev–Trinajstić information content (AvgIpc) is 2.77. The van der Waals surface area contributed by atoms with E-state index in [2.05, 4.69) is 0 Å². The van der Waals surface area contributed by atoms with Crippen molar-refractivity contribution in [2.75, 3.05) is 14.2 Å². The van der Waals surface area contributed by atoms with Crippen LogP contribution in [0.25, 0.3) is 6.08 Å². The van der Waals surface area contributed by atoms with Gasteiger partial charge in [0.05, 0.1) is 5.56 Å². The van der Waals surface area contributed by atoms with E-state index in [1.165, 1.54) is 20.3 Å². The van der Waals surface area contributed by atoms with Gasteiger partial charge in [-0.2, -0.15) is 0 Å². The van der Waals surface area contributed by atoms with Crippen LogP contribution < -0.4 is 4.74 Å². The van der Waals surface area contributed by atoms with Gasteiger partial charge in [-0.05, 0) is 42.3 Å². The summed E-state index contributed by atoms with van der Waals surface area (Å²) < 4.78 is 27.5. The number of carbonyl (C=O) groups excluding carboxylic acids is 1. The lowest BCUT2D eigenvalue weighted by Crippen LogP contribution is -2.00. The fourth-order valence-corrected chi connectivity index (χ4v) is 3.38. The van der Waals surface area contributed by atoms with Gasteiger partial charge in [-0.1, -0.05) is 18.2 Å². The third-order valence-electron chi connectivity index (χ3n) is 3.89. The zero-order valence-corrected chi connectivity index (χ0v) is 14.7. The first-order valence-corrected chi connectivity index (χ1v) is 9.08. The van der Waals surface area contributed by atoms with Gasteiger partial charge in [0.1, 0.15) is 11.5 Å². The second kappa shape index (κ2) is 6.84. The largest absolute Gasteiger partial charge is 0.501 e. The minimum Gasteiger partial charge on any atom is -0.501 e. The highest BCUT2D eigenvalue weighted by molar-refractivity contribution is 7.58. The van der Waals surface area contributed by atoms with Crippen molar-refractivity contribution in [3.05, 3.63) is 70.5 Å². The molecule has 1 aliphatic carbocycles. The van der Waals surface area contributed by atoms with Crippen LogP contribution in [0.2, 0.25) is 0 Å². The second-order valence-electron chi connectivity index (χ2n) is 5.42. The van der Waals surface area contributed by atoms with Gasteiger partial charge in [0.2, 0.25) is 5.50 Å². The number of rotatable bonds is 4. The molecule has 1 N–H and O–H groups in total. The normalized spacial score (nSPS) is 17.0. The Kier molecular flexibility index (Phi) is 4.77. The zero-order chi connectivity index (χ0) is 18.0. The molecule has 1 aliphatic heterocycles. The molecule has 0 aromatic heterocycles. The lowest BCUT2D eigenvalue weighted by Gasteiger charge is -2.14. The monoisotopic (exact) mass is 360 g/mol. The number of ether oxygens (including phenoxy) is 1. The Labute approximate surface area is 145 Å². The lowest BCUT2D eigenvalue weighted by molar-refractivity contribution is 0.104. The molecule has 1 aromatic rings. The van der Waals surface area contributed by atoms with Crippen LogP contribution in [0.15, 0.2) is 59.3 Å². The van der Waals surface area contributed by atoms with Crippen molar-refractivity contribution in [3.8, 4) is 5.75 Å². The van der Waals surface area contributed by atoms with Gasteiger partial charge in [-0.25, -0.2) is 0 Å². The standard InChI is InChI=1S/C18H17O6P/c1-22-25(21,23-2)18(20)10-12-7-8-17-14(9-12)15(19)11-13-5-3-4-6-16(13)24-17/h3-4,6-11,20H,5H2,1-2H3. The Hall–Kier alpha value is -2.40. The highest BCUT2D eigenvalue weighted by atomic mass is 31.2. The van der Waals surface area contributed by atoms with E-state index in [1.807, 2.05) is 18.2 Å². The van der Waals surface area contributed by atoms with Crippen LogP contribution in [0.4, 0.5) is 0 Å². The van der Waals surface area contributed by atoms with E-state index >= 15 is 0 Å². The van der Waals surface area contributed by atoms with Gasteiger partial charge in [0.15, 0.2) is 5.78 Å². The maximum atomic E-state index is 12.5. The number of ketones is 1. The summed E-state index contributed by atoms with van der Waals surface area (Å²) in [5.41, 5.74) is 1.09. The van der Waals surface area contributed by atoms with Crippen LogP contribution >= 0.6 is 7.60 Å². The molecule has 0 saturated carbocycles. The maximum Gasteiger partial charge on any atom is 0.394 e. The molecule has 1 aromatic carbocycles. The third-order valence-corrected chi connectivity index (χ3v) is 5.54. The fraction of sp³-hybridized carbons (Fsp3) is 0.167.